The average molecular weight is 300 g/mol. The van der Waals surface area contributed by atoms with E-state index in [1.165, 1.54) is 28.7 Å². The fourth-order valence-corrected chi connectivity index (χ4v) is 4.62. The van der Waals surface area contributed by atoms with Crippen molar-refractivity contribution in [3.8, 4) is 17.6 Å². The second-order valence-corrected chi connectivity index (χ2v) is 7.35. The van der Waals surface area contributed by atoms with E-state index >= 15 is 0 Å². The molecule has 0 spiro atoms. The summed E-state index contributed by atoms with van der Waals surface area (Å²) < 4.78 is 5.71. The van der Waals surface area contributed by atoms with E-state index in [1.807, 2.05) is 29.6 Å². The molecule has 1 aliphatic heterocycles. The smallest absolute Gasteiger partial charge is 0.119 e. The van der Waals surface area contributed by atoms with Crippen LogP contribution < -0.4 is 4.74 Å². The van der Waals surface area contributed by atoms with Gasteiger partial charge in [0.1, 0.15) is 10.3 Å². The van der Waals surface area contributed by atoms with E-state index in [1.54, 1.807) is 7.11 Å². The van der Waals surface area contributed by atoms with E-state index in [0.717, 1.165) is 11.3 Å². The number of ether oxygens (including phenoxy) is 1. The van der Waals surface area contributed by atoms with Crippen LogP contribution in [0.1, 0.15) is 12.0 Å². The summed E-state index contributed by atoms with van der Waals surface area (Å²) in [4.78, 5) is 0. The van der Waals surface area contributed by atoms with E-state index in [0.29, 0.717) is 4.58 Å². The molecule has 3 heteroatoms. The van der Waals surface area contributed by atoms with Gasteiger partial charge in [-0.05, 0) is 53.0 Å². The zero-order valence-corrected chi connectivity index (χ0v) is 13.0. The van der Waals surface area contributed by atoms with E-state index in [2.05, 4.69) is 42.2 Å². The van der Waals surface area contributed by atoms with Crippen molar-refractivity contribution >= 4 is 34.3 Å². The number of hydrogen-bond donors (Lipinski definition) is 0. The van der Waals surface area contributed by atoms with E-state index in [-0.39, 0.29) is 0 Å². The van der Waals surface area contributed by atoms with Gasteiger partial charge in [0.25, 0.3) is 0 Å². The first-order valence-electron chi connectivity index (χ1n) is 6.68. The van der Waals surface area contributed by atoms with Crippen LogP contribution in [0.4, 0.5) is 0 Å². The molecule has 20 heavy (non-hydrogen) atoms. The minimum absolute atomic E-state index is 0.435. The van der Waals surface area contributed by atoms with Crippen LogP contribution >= 0.6 is 23.5 Å². The SMILES string of the molecule is COc1ccc2ccc(C#CC3SCCCS3)cc2c1. The molecule has 1 fully saturated rings. The summed E-state index contributed by atoms with van der Waals surface area (Å²) >= 11 is 3.92. The summed E-state index contributed by atoms with van der Waals surface area (Å²) in [6, 6.07) is 12.5. The Morgan fingerprint density at radius 2 is 1.85 bits per heavy atom. The lowest BCUT2D eigenvalue weighted by Crippen LogP contribution is -2.03. The van der Waals surface area contributed by atoms with E-state index in [4.69, 9.17) is 4.74 Å². The molecule has 1 aliphatic rings. The highest BCUT2D eigenvalue weighted by Gasteiger charge is 2.10. The van der Waals surface area contributed by atoms with Crippen LogP contribution in [0, 0.1) is 11.8 Å². The molecule has 1 heterocycles. The Morgan fingerprint density at radius 1 is 1.05 bits per heavy atom. The van der Waals surface area contributed by atoms with Crippen molar-refractivity contribution in [3.05, 3.63) is 42.0 Å². The summed E-state index contributed by atoms with van der Waals surface area (Å²) in [5, 5.41) is 2.40. The topological polar surface area (TPSA) is 9.23 Å². The van der Waals surface area contributed by atoms with Crippen LogP contribution in [0.25, 0.3) is 10.8 Å². The molecular formula is C17H16OS2. The molecule has 2 aromatic carbocycles. The Bertz CT molecular complexity index is 663. The van der Waals surface area contributed by atoms with Crippen LogP contribution in [0.15, 0.2) is 36.4 Å². The monoisotopic (exact) mass is 300 g/mol. The zero-order chi connectivity index (χ0) is 13.8. The number of hydrogen-bond acceptors (Lipinski definition) is 3. The first kappa shape index (κ1) is 13.7. The van der Waals surface area contributed by atoms with Crippen molar-refractivity contribution in [2.24, 2.45) is 0 Å². The van der Waals surface area contributed by atoms with Gasteiger partial charge < -0.3 is 4.74 Å². The Morgan fingerprint density at radius 3 is 2.65 bits per heavy atom. The van der Waals surface area contributed by atoms with Crippen molar-refractivity contribution in [2.45, 2.75) is 11.0 Å². The molecule has 3 rings (SSSR count). The minimum Gasteiger partial charge on any atom is -0.497 e. The Labute approximate surface area is 128 Å². The van der Waals surface area contributed by atoms with Gasteiger partial charge in [-0.2, -0.15) is 0 Å². The average Bonchev–Trinajstić information content (AvgIpc) is 2.53. The number of thioether (sulfide) groups is 2. The molecule has 0 aliphatic carbocycles. The Balaban J connectivity index is 1.86. The quantitative estimate of drug-likeness (QED) is 0.723. The van der Waals surface area contributed by atoms with Crippen LogP contribution in [-0.4, -0.2) is 23.2 Å². The maximum atomic E-state index is 5.27. The molecule has 0 aromatic heterocycles. The number of fused-ring (bicyclic) bond motifs is 1. The summed E-state index contributed by atoms with van der Waals surface area (Å²) in [6.07, 6.45) is 1.31. The van der Waals surface area contributed by atoms with Gasteiger partial charge in [-0.15, -0.1) is 23.5 Å². The lowest BCUT2D eigenvalue weighted by molar-refractivity contribution is 0.415. The molecule has 0 radical (unpaired) electrons. The Hall–Kier alpha value is -1.24. The summed E-state index contributed by atoms with van der Waals surface area (Å²) in [7, 11) is 1.70. The summed E-state index contributed by atoms with van der Waals surface area (Å²) in [5.41, 5.74) is 1.08. The van der Waals surface area contributed by atoms with Gasteiger partial charge in [-0.3, -0.25) is 0 Å². The molecule has 0 amide bonds. The normalized spacial score (nSPS) is 15.7. The number of methoxy groups -OCH3 is 1. The molecule has 0 bridgehead atoms. The van der Waals surface area contributed by atoms with E-state index in [9.17, 15) is 0 Å². The van der Waals surface area contributed by atoms with Gasteiger partial charge in [0.05, 0.1) is 7.11 Å². The van der Waals surface area contributed by atoms with Crippen molar-refractivity contribution in [1.29, 1.82) is 0 Å². The van der Waals surface area contributed by atoms with Gasteiger partial charge in [0.15, 0.2) is 0 Å². The zero-order valence-electron chi connectivity index (χ0n) is 11.4. The van der Waals surface area contributed by atoms with Crippen molar-refractivity contribution in [2.75, 3.05) is 18.6 Å². The van der Waals surface area contributed by atoms with Crippen molar-refractivity contribution in [3.63, 3.8) is 0 Å². The summed E-state index contributed by atoms with van der Waals surface area (Å²) in [6.45, 7) is 0. The molecule has 0 saturated carbocycles. The largest absolute Gasteiger partial charge is 0.497 e. The van der Waals surface area contributed by atoms with Gasteiger partial charge >= 0.3 is 0 Å². The number of rotatable bonds is 1. The van der Waals surface area contributed by atoms with Gasteiger partial charge in [-0.25, -0.2) is 0 Å². The maximum absolute atomic E-state index is 5.27. The fourth-order valence-electron chi connectivity index (χ4n) is 2.14. The lowest BCUT2D eigenvalue weighted by atomic mass is 10.1. The second kappa shape index (κ2) is 6.47. The maximum Gasteiger partial charge on any atom is 0.119 e. The lowest BCUT2D eigenvalue weighted by Gasteiger charge is -2.14. The van der Waals surface area contributed by atoms with Gasteiger partial charge in [-0.1, -0.05) is 24.0 Å². The minimum atomic E-state index is 0.435. The third-order valence-corrected chi connectivity index (χ3v) is 5.92. The second-order valence-electron chi connectivity index (χ2n) is 4.62. The highest BCUT2D eigenvalue weighted by molar-refractivity contribution is 8.17. The van der Waals surface area contributed by atoms with Crippen LogP contribution in [-0.2, 0) is 0 Å². The molecule has 1 saturated heterocycles. The molecular weight excluding hydrogens is 284 g/mol. The van der Waals surface area contributed by atoms with E-state index < -0.39 is 0 Å². The van der Waals surface area contributed by atoms with Gasteiger partial charge in [0.2, 0.25) is 0 Å². The van der Waals surface area contributed by atoms with Crippen molar-refractivity contribution < 1.29 is 4.74 Å². The standard InChI is InChI=1S/C17H16OS2/c1-18-16-7-6-14-5-3-13(11-15(14)12-16)4-8-17-19-9-2-10-20-17/h3,5-7,11-12,17H,2,9-10H2,1H3. The predicted octanol–water partition coefficient (Wildman–Crippen LogP) is 4.40. The third kappa shape index (κ3) is 3.26. The highest BCUT2D eigenvalue weighted by Crippen LogP contribution is 2.29. The first-order valence-corrected chi connectivity index (χ1v) is 8.77. The summed E-state index contributed by atoms with van der Waals surface area (Å²) in [5.74, 6) is 10.1. The molecule has 0 N–H and O–H groups in total. The highest BCUT2D eigenvalue weighted by atomic mass is 32.2. The fraction of sp³-hybridized carbons (Fsp3) is 0.294. The van der Waals surface area contributed by atoms with Crippen molar-refractivity contribution in [1.82, 2.24) is 0 Å². The molecule has 1 nitrogen and oxygen atoms in total. The molecule has 0 unspecified atom stereocenters. The van der Waals surface area contributed by atoms with Crippen LogP contribution in [0.2, 0.25) is 0 Å². The number of benzene rings is 2. The van der Waals surface area contributed by atoms with Crippen LogP contribution in [0.3, 0.4) is 0 Å². The van der Waals surface area contributed by atoms with Crippen LogP contribution in [0.5, 0.6) is 5.75 Å². The third-order valence-electron chi connectivity index (χ3n) is 3.21. The molecule has 2 aromatic rings. The molecule has 102 valence electrons. The Kier molecular flexibility index (Phi) is 4.44. The van der Waals surface area contributed by atoms with Gasteiger partial charge in [0, 0.05) is 5.56 Å². The first-order chi connectivity index (χ1) is 9.85. The molecule has 0 atom stereocenters. The predicted molar refractivity (Wildman–Crippen MR) is 90.7 cm³/mol.